The van der Waals surface area contributed by atoms with Gasteiger partial charge < -0.3 is 10.2 Å². The van der Waals surface area contributed by atoms with Gasteiger partial charge in [-0.2, -0.15) is 0 Å². The lowest BCUT2D eigenvalue weighted by molar-refractivity contribution is -0.0277. The quantitative estimate of drug-likeness (QED) is 0.671. The van der Waals surface area contributed by atoms with Crippen LogP contribution in [0.25, 0.3) is 0 Å². The maximum absolute atomic E-state index is 10.1. The van der Waals surface area contributed by atoms with Crippen molar-refractivity contribution in [2.24, 2.45) is 5.92 Å². The SMILES string of the molecule is CCC(O)CCC(O)(CC)C(C)C. The standard InChI is InChI=1S/C11H24O2/c1-5-10(12)7-8-11(13,6-2)9(3)4/h9-10,12-13H,5-8H2,1-4H3. The first-order chi connectivity index (χ1) is 5.96. The van der Waals surface area contributed by atoms with Gasteiger partial charge in [-0.1, -0.05) is 27.7 Å². The second-order valence-corrected chi connectivity index (χ2v) is 4.21. The molecule has 0 saturated carbocycles. The first kappa shape index (κ1) is 12.9. The van der Waals surface area contributed by atoms with E-state index in [4.69, 9.17) is 0 Å². The van der Waals surface area contributed by atoms with Gasteiger partial charge >= 0.3 is 0 Å². The van der Waals surface area contributed by atoms with Crippen LogP contribution in [-0.4, -0.2) is 21.9 Å². The predicted octanol–water partition coefficient (Wildman–Crippen LogP) is 2.33. The molecule has 0 rings (SSSR count). The molecule has 0 aromatic heterocycles. The third-order valence-corrected chi connectivity index (χ3v) is 3.07. The van der Waals surface area contributed by atoms with Gasteiger partial charge in [0.1, 0.15) is 0 Å². The highest BCUT2D eigenvalue weighted by Crippen LogP contribution is 2.27. The molecule has 0 aliphatic heterocycles. The fourth-order valence-corrected chi connectivity index (χ4v) is 1.49. The van der Waals surface area contributed by atoms with Gasteiger partial charge in [-0.25, -0.2) is 0 Å². The van der Waals surface area contributed by atoms with Crippen LogP contribution in [0.15, 0.2) is 0 Å². The van der Waals surface area contributed by atoms with Gasteiger partial charge in [0.05, 0.1) is 11.7 Å². The van der Waals surface area contributed by atoms with E-state index in [-0.39, 0.29) is 12.0 Å². The van der Waals surface area contributed by atoms with Gasteiger partial charge in [0.25, 0.3) is 0 Å². The monoisotopic (exact) mass is 188 g/mol. The molecule has 80 valence electrons. The van der Waals surface area contributed by atoms with Crippen molar-refractivity contribution in [1.29, 1.82) is 0 Å². The number of hydrogen-bond donors (Lipinski definition) is 2. The molecule has 0 bridgehead atoms. The highest BCUT2D eigenvalue weighted by atomic mass is 16.3. The average molecular weight is 188 g/mol. The van der Waals surface area contributed by atoms with Crippen LogP contribution >= 0.6 is 0 Å². The zero-order chi connectivity index (χ0) is 10.5. The van der Waals surface area contributed by atoms with E-state index in [1.807, 2.05) is 27.7 Å². The molecule has 0 amide bonds. The molecule has 2 heteroatoms. The number of aliphatic hydroxyl groups excluding tert-OH is 1. The number of hydrogen-bond acceptors (Lipinski definition) is 2. The highest BCUT2D eigenvalue weighted by molar-refractivity contribution is 4.81. The second-order valence-electron chi connectivity index (χ2n) is 4.21. The van der Waals surface area contributed by atoms with Crippen LogP contribution < -0.4 is 0 Å². The Kier molecular flexibility index (Phi) is 5.57. The Morgan fingerprint density at radius 3 is 2.08 bits per heavy atom. The van der Waals surface area contributed by atoms with Gasteiger partial charge in [-0.15, -0.1) is 0 Å². The zero-order valence-electron chi connectivity index (χ0n) is 9.38. The summed E-state index contributed by atoms with van der Waals surface area (Å²) in [6.07, 6.45) is 2.70. The van der Waals surface area contributed by atoms with Crippen molar-refractivity contribution in [3.63, 3.8) is 0 Å². The third-order valence-electron chi connectivity index (χ3n) is 3.07. The van der Waals surface area contributed by atoms with Crippen LogP contribution in [0.2, 0.25) is 0 Å². The van der Waals surface area contributed by atoms with Crippen molar-refractivity contribution in [2.75, 3.05) is 0 Å². The van der Waals surface area contributed by atoms with Gasteiger partial charge in [-0.3, -0.25) is 0 Å². The van der Waals surface area contributed by atoms with E-state index in [2.05, 4.69) is 0 Å². The summed E-state index contributed by atoms with van der Waals surface area (Å²) in [7, 11) is 0. The van der Waals surface area contributed by atoms with Gasteiger partial charge in [0, 0.05) is 0 Å². The van der Waals surface area contributed by atoms with Crippen LogP contribution in [0.3, 0.4) is 0 Å². The first-order valence-corrected chi connectivity index (χ1v) is 5.36. The predicted molar refractivity (Wildman–Crippen MR) is 55.6 cm³/mol. The summed E-state index contributed by atoms with van der Waals surface area (Å²) < 4.78 is 0. The van der Waals surface area contributed by atoms with E-state index in [9.17, 15) is 10.2 Å². The van der Waals surface area contributed by atoms with Gasteiger partial charge in [0.2, 0.25) is 0 Å². The molecule has 13 heavy (non-hydrogen) atoms. The van der Waals surface area contributed by atoms with E-state index >= 15 is 0 Å². The zero-order valence-corrected chi connectivity index (χ0v) is 9.38. The molecule has 0 aliphatic rings. The smallest absolute Gasteiger partial charge is 0.0668 e. The summed E-state index contributed by atoms with van der Waals surface area (Å²) in [6.45, 7) is 8.02. The molecule has 0 aromatic rings. The molecule has 2 unspecified atom stereocenters. The second kappa shape index (κ2) is 5.61. The van der Waals surface area contributed by atoms with Crippen molar-refractivity contribution in [1.82, 2.24) is 0 Å². The first-order valence-electron chi connectivity index (χ1n) is 5.36. The third kappa shape index (κ3) is 4.10. The largest absolute Gasteiger partial charge is 0.393 e. The van der Waals surface area contributed by atoms with Crippen LogP contribution in [0.5, 0.6) is 0 Å². The molecule has 2 nitrogen and oxygen atoms in total. The van der Waals surface area contributed by atoms with E-state index in [1.54, 1.807) is 0 Å². The van der Waals surface area contributed by atoms with E-state index in [1.165, 1.54) is 0 Å². The molecule has 0 aromatic carbocycles. The molecule has 2 N–H and O–H groups in total. The average Bonchev–Trinajstić information content (AvgIpc) is 2.13. The van der Waals surface area contributed by atoms with Crippen molar-refractivity contribution >= 4 is 0 Å². The van der Waals surface area contributed by atoms with Crippen LogP contribution in [0.4, 0.5) is 0 Å². The minimum Gasteiger partial charge on any atom is -0.393 e. The Hall–Kier alpha value is -0.0800. The van der Waals surface area contributed by atoms with Crippen molar-refractivity contribution in [3.8, 4) is 0 Å². The van der Waals surface area contributed by atoms with Crippen LogP contribution in [0, 0.1) is 5.92 Å². The Morgan fingerprint density at radius 1 is 1.23 bits per heavy atom. The molecular formula is C11H24O2. The Morgan fingerprint density at radius 2 is 1.77 bits per heavy atom. The van der Waals surface area contributed by atoms with Crippen molar-refractivity contribution < 1.29 is 10.2 Å². The Bertz CT molecular complexity index is 134. The highest BCUT2D eigenvalue weighted by Gasteiger charge is 2.28. The molecular weight excluding hydrogens is 164 g/mol. The van der Waals surface area contributed by atoms with Gasteiger partial charge in [0.15, 0.2) is 0 Å². The fraction of sp³-hybridized carbons (Fsp3) is 1.00. The summed E-state index contributed by atoms with van der Waals surface area (Å²) in [5.41, 5.74) is -0.587. The Balaban J connectivity index is 3.98. The topological polar surface area (TPSA) is 40.5 Å². The molecule has 0 aliphatic carbocycles. The molecule has 0 fully saturated rings. The number of rotatable bonds is 6. The number of aliphatic hydroxyl groups is 2. The van der Waals surface area contributed by atoms with Crippen LogP contribution in [0.1, 0.15) is 53.4 Å². The maximum atomic E-state index is 10.1. The summed E-state index contributed by atoms with van der Waals surface area (Å²) in [5.74, 6) is 0.265. The summed E-state index contributed by atoms with van der Waals surface area (Å²) in [5, 5.41) is 19.5. The molecule has 2 atom stereocenters. The molecule has 0 radical (unpaired) electrons. The van der Waals surface area contributed by atoms with Crippen LogP contribution in [-0.2, 0) is 0 Å². The van der Waals surface area contributed by atoms with E-state index in [0.29, 0.717) is 12.8 Å². The maximum Gasteiger partial charge on any atom is 0.0668 e. The van der Waals surface area contributed by atoms with Gasteiger partial charge in [-0.05, 0) is 31.6 Å². The lowest BCUT2D eigenvalue weighted by Gasteiger charge is -2.31. The minimum atomic E-state index is -0.587. The Labute approximate surface area is 82.0 Å². The fourth-order valence-electron chi connectivity index (χ4n) is 1.49. The molecule has 0 saturated heterocycles. The van der Waals surface area contributed by atoms with Crippen molar-refractivity contribution in [3.05, 3.63) is 0 Å². The normalized spacial score (nSPS) is 18.7. The van der Waals surface area contributed by atoms with Crippen molar-refractivity contribution in [2.45, 2.75) is 65.1 Å². The van der Waals surface area contributed by atoms with E-state index < -0.39 is 5.60 Å². The summed E-state index contributed by atoms with van der Waals surface area (Å²) in [4.78, 5) is 0. The van der Waals surface area contributed by atoms with E-state index in [0.717, 1.165) is 12.8 Å². The molecule has 0 heterocycles. The summed E-state index contributed by atoms with van der Waals surface area (Å²) >= 11 is 0. The lowest BCUT2D eigenvalue weighted by atomic mass is 9.83. The molecule has 0 spiro atoms. The summed E-state index contributed by atoms with van der Waals surface area (Å²) in [6, 6.07) is 0. The lowest BCUT2D eigenvalue weighted by Crippen LogP contribution is -2.35. The minimum absolute atomic E-state index is 0.253.